The summed E-state index contributed by atoms with van der Waals surface area (Å²) in [4.78, 5) is 0. The van der Waals surface area contributed by atoms with E-state index in [0.29, 0.717) is 0 Å². The van der Waals surface area contributed by atoms with Crippen LogP contribution in [0.1, 0.15) is 38.4 Å². The Kier molecular flexibility index (Phi) is 4.78. The number of nitrogens with zero attached hydrogens (tertiary/aromatic N) is 2. The summed E-state index contributed by atoms with van der Waals surface area (Å²) < 4.78 is 1.87. The van der Waals surface area contributed by atoms with Crippen LogP contribution in [0.3, 0.4) is 0 Å². The van der Waals surface area contributed by atoms with Crippen molar-refractivity contribution in [1.82, 2.24) is 15.1 Å². The van der Waals surface area contributed by atoms with Gasteiger partial charge in [-0.15, -0.1) is 0 Å². The van der Waals surface area contributed by atoms with E-state index in [0.717, 1.165) is 19.4 Å². The van der Waals surface area contributed by atoms with E-state index in [1.807, 2.05) is 24.7 Å². The van der Waals surface area contributed by atoms with Crippen LogP contribution in [0, 0.1) is 0 Å². The predicted molar refractivity (Wildman–Crippen MR) is 60.5 cm³/mol. The van der Waals surface area contributed by atoms with Crippen LogP contribution in [0.2, 0.25) is 0 Å². The minimum Gasteiger partial charge on any atom is -0.393 e. The summed E-state index contributed by atoms with van der Waals surface area (Å²) in [5.74, 6) is 0. The minimum absolute atomic E-state index is 0.184. The molecule has 0 radical (unpaired) electrons. The molecule has 1 aromatic rings. The topological polar surface area (TPSA) is 50.1 Å². The summed E-state index contributed by atoms with van der Waals surface area (Å²) in [6, 6.07) is 2.29. The van der Waals surface area contributed by atoms with Crippen LogP contribution in [0.4, 0.5) is 0 Å². The molecule has 1 rings (SSSR count). The van der Waals surface area contributed by atoms with Crippen molar-refractivity contribution < 1.29 is 5.11 Å². The second kappa shape index (κ2) is 5.88. The van der Waals surface area contributed by atoms with Gasteiger partial charge in [0.05, 0.1) is 11.8 Å². The van der Waals surface area contributed by atoms with Gasteiger partial charge in [0.2, 0.25) is 0 Å². The van der Waals surface area contributed by atoms with E-state index in [1.54, 1.807) is 6.20 Å². The van der Waals surface area contributed by atoms with Crippen LogP contribution >= 0.6 is 0 Å². The van der Waals surface area contributed by atoms with Crippen molar-refractivity contribution in [1.29, 1.82) is 0 Å². The van der Waals surface area contributed by atoms with Crippen LogP contribution in [-0.4, -0.2) is 27.5 Å². The van der Waals surface area contributed by atoms with Crippen LogP contribution in [0.25, 0.3) is 0 Å². The highest BCUT2D eigenvalue weighted by atomic mass is 16.3. The lowest BCUT2D eigenvalue weighted by molar-refractivity contribution is 0.158. The second-order valence-electron chi connectivity index (χ2n) is 3.91. The number of aryl methyl sites for hydroxylation is 1. The highest BCUT2D eigenvalue weighted by Crippen LogP contribution is 2.10. The van der Waals surface area contributed by atoms with Crippen molar-refractivity contribution in [2.45, 2.75) is 38.8 Å². The molecule has 2 N–H and O–H groups in total. The number of aliphatic hydroxyl groups is 1. The maximum Gasteiger partial charge on any atom is 0.0549 e. The number of aliphatic hydroxyl groups excluding tert-OH is 1. The van der Waals surface area contributed by atoms with Crippen molar-refractivity contribution in [2.75, 3.05) is 6.54 Å². The zero-order chi connectivity index (χ0) is 11.3. The largest absolute Gasteiger partial charge is 0.393 e. The van der Waals surface area contributed by atoms with Gasteiger partial charge in [0.1, 0.15) is 0 Å². The molecule has 0 amide bonds. The van der Waals surface area contributed by atoms with E-state index in [9.17, 15) is 5.11 Å². The molecule has 4 nitrogen and oxygen atoms in total. The summed E-state index contributed by atoms with van der Waals surface area (Å²) >= 11 is 0. The van der Waals surface area contributed by atoms with Gasteiger partial charge in [0.25, 0.3) is 0 Å². The molecule has 2 unspecified atom stereocenters. The van der Waals surface area contributed by atoms with Gasteiger partial charge in [-0.3, -0.25) is 4.68 Å². The lowest BCUT2D eigenvalue weighted by Crippen LogP contribution is -2.24. The Morgan fingerprint density at radius 3 is 2.87 bits per heavy atom. The van der Waals surface area contributed by atoms with Crippen LogP contribution in [0.5, 0.6) is 0 Å². The number of rotatable bonds is 6. The fourth-order valence-electron chi connectivity index (χ4n) is 1.58. The monoisotopic (exact) mass is 211 g/mol. The van der Waals surface area contributed by atoms with E-state index in [-0.39, 0.29) is 12.1 Å². The van der Waals surface area contributed by atoms with Crippen molar-refractivity contribution in [3.05, 3.63) is 18.0 Å². The van der Waals surface area contributed by atoms with E-state index >= 15 is 0 Å². The molecule has 4 heteroatoms. The molecule has 2 atom stereocenters. The molecular weight excluding hydrogens is 190 g/mol. The molecular formula is C11H21N3O. The lowest BCUT2D eigenvalue weighted by Gasteiger charge is -2.15. The fourth-order valence-corrected chi connectivity index (χ4v) is 1.58. The molecule has 0 fully saturated rings. The van der Waals surface area contributed by atoms with Crippen molar-refractivity contribution in [3.8, 4) is 0 Å². The first-order chi connectivity index (χ1) is 7.15. The van der Waals surface area contributed by atoms with Gasteiger partial charge in [-0.05, 0) is 32.4 Å². The van der Waals surface area contributed by atoms with Crippen LogP contribution < -0.4 is 5.32 Å². The predicted octanol–water partition coefficient (Wildman–Crippen LogP) is 1.23. The summed E-state index contributed by atoms with van der Waals surface area (Å²) in [6.45, 7) is 4.94. The van der Waals surface area contributed by atoms with Gasteiger partial charge in [-0.25, -0.2) is 0 Å². The molecule has 0 aliphatic heterocycles. The fraction of sp³-hybridized carbons (Fsp3) is 0.727. The third-order valence-electron chi connectivity index (χ3n) is 2.70. The Bertz CT molecular complexity index is 285. The van der Waals surface area contributed by atoms with Gasteiger partial charge in [-0.1, -0.05) is 6.92 Å². The summed E-state index contributed by atoms with van der Waals surface area (Å²) in [7, 11) is 1.94. The summed E-state index contributed by atoms with van der Waals surface area (Å²) in [5, 5.41) is 16.9. The van der Waals surface area contributed by atoms with Crippen LogP contribution in [0.15, 0.2) is 12.3 Å². The Hall–Kier alpha value is -0.870. The first-order valence-electron chi connectivity index (χ1n) is 5.54. The molecule has 86 valence electrons. The standard InChI is InChI=1S/C11H21N3O/c1-4-10(15)5-7-12-9(2)11-6-8-13-14(11)3/h6,8-10,12,15H,4-5,7H2,1-3H3. The first kappa shape index (κ1) is 12.2. The average Bonchev–Trinajstić information content (AvgIpc) is 2.64. The van der Waals surface area contributed by atoms with E-state index < -0.39 is 0 Å². The molecule has 0 bridgehead atoms. The number of hydrogen-bond donors (Lipinski definition) is 2. The Morgan fingerprint density at radius 1 is 1.60 bits per heavy atom. The van der Waals surface area contributed by atoms with Crippen molar-refractivity contribution >= 4 is 0 Å². The Labute approximate surface area is 91.3 Å². The quantitative estimate of drug-likeness (QED) is 0.744. The van der Waals surface area contributed by atoms with Crippen LogP contribution in [-0.2, 0) is 7.05 Å². The van der Waals surface area contributed by atoms with Gasteiger partial charge in [0, 0.05) is 19.3 Å². The van der Waals surface area contributed by atoms with Gasteiger partial charge in [-0.2, -0.15) is 5.10 Å². The lowest BCUT2D eigenvalue weighted by atomic mass is 10.2. The third kappa shape index (κ3) is 3.64. The molecule has 1 heterocycles. The normalized spacial score (nSPS) is 15.2. The van der Waals surface area contributed by atoms with Gasteiger partial charge < -0.3 is 10.4 Å². The van der Waals surface area contributed by atoms with E-state index in [1.165, 1.54) is 5.69 Å². The molecule has 0 saturated heterocycles. The number of nitrogens with one attached hydrogen (secondary N) is 1. The maximum absolute atomic E-state index is 9.40. The Morgan fingerprint density at radius 2 is 2.33 bits per heavy atom. The van der Waals surface area contributed by atoms with Gasteiger partial charge >= 0.3 is 0 Å². The third-order valence-corrected chi connectivity index (χ3v) is 2.70. The SMILES string of the molecule is CCC(O)CCNC(C)c1ccnn1C. The maximum atomic E-state index is 9.40. The highest BCUT2D eigenvalue weighted by Gasteiger charge is 2.08. The molecule has 0 saturated carbocycles. The van der Waals surface area contributed by atoms with E-state index in [4.69, 9.17) is 0 Å². The molecule has 1 aromatic heterocycles. The highest BCUT2D eigenvalue weighted by molar-refractivity contribution is 5.04. The van der Waals surface area contributed by atoms with Crippen molar-refractivity contribution in [2.24, 2.45) is 7.05 Å². The molecule has 0 aliphatic carbocycles. The van der Waals surface area contributed by atoms with E-state index in [2.05, 4.69) is 17.3 Å². The smallest absolute Gasteiger partial charge is 0.0549 e. The molecule has 15 heavy (non-hydrogen) atoms. The average molecular weight is 211 g/mol. The molecule has 0 aromatic carbocycles. The summed E-state index contributed by atoms with van der Waals surface area (Å²) in [6.07, 6.45) is 3.24. The molecule has 0 aliphatic rings. The minimum atomic E-state index is -0.184. The number of aromatic nitrogens is 2. The second-order valence-corrected chi connectivity index (χ2v) is 3.91. The van der Waals surface area contributed by atoms with Crippen molar-refractivity contribution in [3.63, 3.8) is 0 Å². The zero-order valence-electron chi connectivity index (χ0n) is 9.77. The number of hydrogen-bond acceptors (Lipinski definition) is 3. The Balaban J connectivity index is 2.31. The zero-order valence-corrected chi connectivity index (χ0v) is 9.77. The summed E-state index contributed by atoms with van der Waals surface area (Å²) in [5.41, 5.74) is 1.17. The van der Waals surface area contributed by atoms with Gasteiger partial charge in [0.15, 0.2) is 0 Å². The molecule has 0 spiro atoms. The first-order valence-corrected chi connectivity index (χ1v) is 5.54.